The van der Waals surface area contributed by atoms with E-state index in [0.717, 1.165) is 6.42 Å². The van der Waals surface area contributed by atoms with Crippen molar-refractivity contribution in [2.45, 2.75) is 42.5 Å². The van der Waals surface area contributed by atoms with Crippen LogP contribution in [0.3, 0.4) is 0 Å². The van der Waals surface area contributed by atoms with E-state index < -0.39 is 22.8 Å². The number of rotatable bonds is 4. The predicted molar refractivity (Wildman–Crippen MR) is 79.6 cm³/mol. The zero-order chi connectivity index (χ0) is 16.0. The Hall–Kier alpha value is -0.620. The van der Waals surface area contributed by atoms with Gasteiger partial charge in [-0.2, -0.15) is 0 Å². The van der Waals surface area contributed by atoms with Crippen LogP contribution in [0.5, 0.6) is 0 Å². The average molecular weight is 287 g/mol. The first-order valence-corrected chi connectivity index (χ1v) is 6.51. The largest absolute Gasteiger partial charge is 0.310 e. The molecule has 0 amide bonds. The maximum atomic E-state index is 6.21. The molecule has 118 valence electrons. The van der Waals surface area contributed by atoms with Gasteiger partial charge < -0.3 is 34.4 Å². The van der Waals surface area contributed by atoms with Crippen molar-refractivity contribution in [1.82, 2.24) is 0 Å². The summed E-state index contributed by atoms with van der Waals surface area (Å²) >= 11 is 0. The third kappa shape index (κ3) is 2.48. The number of nitrogens with two attached hydrogens (primary N) is 9. The molecule has 0 heterocycles. The van der Waals surface area contributed by atoms with Crippen molar-refractivity contribution in [3.05, 3.63) is 12.2 Å². The molecule has 0 saturated carbocycles. The van der Waals surface area contributed by atoms with Gasteiger partial charge in [-0.3, -0.25) is 17.2 Å². The lowest BCUT2D eigenvalue weighted by Gasteiger charge is -2.57. The van der Waals surface area contributed by atoms with Crippen molar-refractivity contribution in [3.63, 3.8) is 0 Å². The van der Waals surface area contributed by atoms with Crippen LogP contribution in [0.25, 0.3) is 0 Å². The molecule has 9 nitrogen and oxygen atoms in total. The fraction of sp³-hybridized carbons (Fsp3) is 0.818. The topological polar surface area (TPSA) is 234 Å². The molecule has 0 spiro atoms. The predicted octanol–water partition coefficient (Wildman–Crippen LogP) is -4.04. The summed E-state index contributed by atoms with van der Waals surface area (Å²) in [6.07, 6.45) is 5.42. The molecule has 1 rings (SSSR count). The molecule has 0 bridgehead atoms. The molecular weight excluding hydrogens is 258 g/mol. The maximum Gasteiger partial charge on any atom is 0.151 e. The Kier molecular flexibility index (Phi) is 4.34. The van der Waals surface area contributed by atoms with Crippen LogP contribution < -0.4 is 51.6 Å². The van der Waals surface area contributed by atoms with Crippen LogP contribution in [0.15, 0.2) is 12.2 Å². The number of hydrogen-bond acceptors (Lipinski definition) is 9. The summed E-state index contributed by atoms with van der Waals surface area (Å²) in [6.45, 7) is 1.99. The van der Waals surface area contributed by atoms with Gasteiger partial charge in [0, 0.05) is 0 Å². The standard InChI is InChI=1S/C11H29N9/c1-6-4-2-3-5-7(6)8(12,13)9(14,15)10(16,17)11(18,19)20/h2-3,6-7H,4-5,12-20H2,1H3. The van der Waals surface area contributed by atoms with Crippen molar-refractivity contribution < 1.29 is 0 Å². The lowest BCUT2D eigenvalue weighted by atomic mass is 9.67. The van der Waals surface area contributed by atoms with Gasteiger partial charge in [0.2, 0.25) is 0 Å². The smallest absolute Gasteiger partial charge is 0.151 e. The zero-order valence-corrected chi connectivity index (χ0v) is 11.9. The van der Waals surface area contributed by atoms with Crippen LogP contribution in [0, 0.1) is 11.8 Å². The molecule has 20 heavy (non-hydrogen) atoms. The van der Waals surface area contributed by atoms with E-state index in [4.69, 9.17) is 51.6 Å². The Morgan fingerprint density at radius 2 is 1.20 bits per heavy atom. The first-order valence-electron chi connectivity index (χ1n) is 6.51. The van der Waals surface area contributed by atoms with Gasteiger partial charge in [-0.05, 0) is 24.7 Å². The summed E-state index contributed by atoms with van der Waals surface area (Å²) in [7, 11) is 0. The summed E-state index contributed by atoms with van der Waals surface area (Å²) in [5.74, 6) is -2.13. The van der Waals surface area contributed by atoms with Gasteiger partial charge >= 0.3 is 0 Å². The maximum absolute atomic E-state index is 6.21. The van der Waals surface area contributed by atoms with Crippen LogP contribution in [0.1, 0.15) is 19.8 Å². The molecule has 0 aromatic heterocycles. The third-order valence-electron chi connectivity index (χ3n) is 4.48. The Labute approximate surface area is 119 Å². The van der Waals surface area contributed by atoms with E-state index in [2.05, 4.69) is 0 Å². The molecule has 0 saturated heterocycles. The highest BCUT2D eigenvalue weighted by atomic mass is 15.3. The molecule has 2 atom stereocenters. The van der Waals surface area contributed by atoms with E-state index in [1.807, 2.05) is 19.1 Å². The molecule has 1 aliphatic rings. The monoisotopic (exact) mass is 287 g/mol. The first-order chi connectivity index (χ1) is 8.77. The lowest BCUT2D eigenvalue weighted by Crippen LogP contribution is -2.99. The van der Waals surface area contributed by atoms with Gasteiger partial charge in [-0.1, -0.05) is 19.1 Å². The Bertz CT molecular complexity index is 380. The van der Waals surface area contributed by atoms with E-state index in [0.29, 0.717) is 6.42 Å². The molecule has 18 N–H and O–H groups in total. The van der Waals surface area contributed by atoms with Gasteiger partial charge in [-0.25, -0.2) is 0 Å². The van der Waals surface area contributed by atoms with E-state index >= 15 is 0 Å². The average Bonchev–Trinajstić information content (AvgIpc) is 2.27. The van der Waals surface area contributed by atoms with E-state index in [9.17, 15) is 0 Å². The van der Waals surface area contributed by atoms with Crippen molar-refractivity contribution in [2.24, 2.45) is 63.4 Å². The van der Waals surface area contributed by atoms with Crippen LogP contribution in [-0.4, -0.2) is 22.8 Å². The van der Waals surface area contributed by atoms with Crippen LogP contribution in [0.4, 0.5) is 0 Å². The van der Waals surface area contributed by atoms with Crippen molar-refractivity contribution in [3.8, 4) is 0 Å². The van der Waals surface area contributed by atoms with E-state index in [-0.39, 0.29) is 11.8 Å². The highest BCUT2D eigenvalue weighted by molar-refractivity contribution is 5.20. The molecule has 1 aliphatic carbocycles. The molecule has 0 aliphatic heterocycles. The minimum Gasteiger partial charge on any atom is -0.310 e. The van der Waals surface area contributed by atoms with Crippen molar-refractivity contribution in [2.75, 3.05) is 0 Å². The summed E-state index contributed by atoms with van der Waals surface area (Å²) < 4.78 is 0. The highest BCUT2D eigenvalue weighted by Crippen LogP contribution is 2.36. The van der Waals surface area contributed by atoms with Gasteiger partial charge in [0.15, 0.2) is 5.79 Å². The van der Waals surface area contributed by atoms with E-state index in [1.54, 1.807) is 0 Å². The highest BCUT2D eigenvalue weighted by Gasteiger charge is 2.61. The second-order valence-corrected chi connectivity index (χ2v) is 6.13. The molecule has 2 unspecified atom stereocenters. The fourth-order valence-electron chi connectivity index (χ4n) is 2.64. The van der Waals surface area contributed by atoms with Crippen molar-refractivity contribution >= 4 is 0 Å². The summed E-state index contributed by atoms with van der Waals surface area (Å²) in [5, 5.41) is 0. The Morgan fingerprint density at radius 1 is 0.750 bits per heavy atom. The Morgan fingerprint density at radius 3 is 1.60 bits per heavy atom. The van der Waals surface area contributed by atoms with Gasteiger partial charge in [0.25, 0.3) is 0 Å². The molecule has 0 aromatic rings. The first kappa shape index (κ1) is 17.4. The van der Waals surface area contributed by atoms with Gasteiger partial charge in [-0.15, -0.1) is 0 Å². The molecule has 0 aromatic carbocycles. The fourth-order valence-corrected chi connectivity index (χ4v) is 2.64. The number of hydrogen-bond donors (Lipinski definition) is 9. The zero-order valence-electron chi connectivity index (χ0n) is 11.9. The minimum absolute atomic E-state index is 0.153. The second kappa shape index (κ2) is 4.98. The lowest BCUT2D eigenvalue weighted by molar-refractivity contribution is 0.0117. The quantitative estimate of drug-likeness (QED) is 0.180. The van der Waals surface area contributed by atoms with Crippen LogP contribution in [-0.2, 0) is 0 Å². The summed E-state index contributed by atoms with van der Waals surface area (Å²) in [5.41, 5.74) is 47.4. The molecule has 9 heteroatoms. The van der Waals surface area contributed by atoms with E-state index in [1.165, 1.54) is 0 Å². The summed E-state index contributed by atoms with van der Waals surface area (Å²) in [6, 6.07) is 0. The summed E-state index contributed by atoms with van der Waals surface area (Å²) in [4.78, 5) is 0. The van der Waals surface area contributed by atoms with Crippen LogP contribution >= 0.6 is 0 Å². The second-order valence-electron chi connectivity index (χ2n) is 6.13. The normalized spacial score (nSPS) is 25.9. The van der Waals surface area contributed by atoms with Gasteiger partial charge in [0.05, 0.1) is 0 Å². The molecular formula is C11H29N9. The molecule has 0 fully saturated rings. The molecule has 0 radical (unpaired) electrons. The number of allylic oxidation sites excluding steroid dienone is 2. The van der Waals surface area contributed by atoms with Crippen LogP contribution in [0.2, 0.25) is 0 Å². The van der Waals surface area contributed by atoms with Crippen molar-refractivity contribution in [1.29, 1.82) is 0 Å². The SMILES string of the molecule is CC1CC=CCC1C(N)(N)C(N)(N)C(N)(N)C(N)(N)N. The minimum atomic E-state index is -2.08. The van der Waals surface area contributed by atoms with Gasteiger partial charge in [0.1, 0.15) is 17.0 Å². The Balaban J connectivity index is 3.21. The third-order valence-corrected chi connectivity index (χ3v) is 4.48.